The summed E-state index contributed by atoms with van der Waals surface area (Å²) >= 11 is 0. The summed E-state index contributed by atoms with van der Waals surface area (Å²) in [5.41, 5.74) is 9.40. The van der Waals surface area contributed by atoms with Crippen LogP contribution in [0.3, 0.4) is 0 Å². The number of rotatable bonds is 3. The molecule has 0 spiro atoms. The maximum atomic E-state index is 12.2. The molecule has 0 fully saturated rings. The second-order valence-corrected chi connectivity index (χ2v) is 4.83. The quantitative estimate of drug-likeness (QED) is 0.724. The molecular weight excluding hydrogens is 274 g/mol. The number of nitrogens with one attached hydrogen (secondary N) is 1. The molecule has 4 nitrogen and oxygen atoms in total. The van der Waals surface area contributed by atoms with Crippen molar-refractivity contribution in [2.75, 3.05) is 11.1 Å². The molecule has 0 radical (unpaired) electrons. The van der Waals surface area contributed by atoms with Crippen LogP contribution in [0.4, 0.5) is 11.4 Å². The first-order valence-corrected chi connectivity index (χ1v) is 6.91. The number of hydrogen-bond donors (Lipinski definition) is 2. The van der Waals surface area contributed by atoms with Gasteiger partial charge in [-0.05, 0) is 36.4 Å². The smallest absolute Gasteiger partial charge is 0.255 e. The Labute approximate surface area is 128 Å². The van der Waals surface area contributed by atoms with Crippen molar-refractivity contribution < 1.29 is 4.79 Å². The van der Waals surface area contributed by atoms with E-state index in [0.717, 1.165) is 11.3 Å². The number of nitrogens with zero attached hydrogens (tertiary/aromatic N) is 1. The van der Waals surface area contributed by atoms with E-state index in [-0.39, 0.29) is 5.91 Å². The zero-order valence-electron chi connectivity index (χ0n) is 11.9. The zero-order chi connectivity index (χ0) is 15.4. The normalized spacial score (nSPS) is 10.2. The fraction of sp³-hybridized carbons (Fsp3) is 0. The average molecular weight is 289 g/mol. The van der Waals surface area contributed by atoms with Gasteiger partial charge in [0.05, 0.1) is 17.1 Å². The molecule has 0 atom stereocenters. The molecule has 0 unspecified atom stereocenters. The van der Waals surface area contributed by atoms with Gasteiger partial charge < -0.3 is 11.1 Å². The SMILES string of the molecule is Nc1ccccc1NC(=O)c1ccc(-c2ccccn2)cc1. The number of pyridine rings is 1. The van der Waals surface area contributed by atoms with E-state index < -0.39 is 0 Å². The molecule has 0 bridgehead atoms. The Morgan fingerprint density at radius 3 is 2.32 bits per heavy atom. The summed E-state index contributed by atoms with van der Waals surface area (Å²) in [7, 11) is 0. The van der Waals surface area contributed by atoms with Crippen LogP contribution in [0, 0.1) is 0 Å². The summed E-state index contributed by atoms with van der Waals surface area (Å²) in [4.78, 5) is 16.5. The number of aromatic nitrogens is 1. The molecule has 0 saturated carbocycles. The lowest BCUT2D eigenvalue weighted by Gasteiger charge is -2.08. The number of benzene rings is 2. The molecule has 0 aliphatic rings. The summed E-state index contributed by atoms with van der Waals surface area (Å²) in [5.74, 6) is -0.189. The van der Waals surface area contributed by atoms with Crippen LogP contribution in [0.5, 0.6) is 0 Å². The van der Waals surface area contributed by atoms with E-state index in [9.17, 15) is 4.79 Å². The molecule has 3 rings (SSSR count). The second kappa shape index (κ2) is 6.10. The predicted molar refractivity (Wildman–Crippen MR) is 88.5 cm³/mol. The maximum absolute atomic E-state index is 12.2. The second-order valence-electron chi connectivity index (χ2n) is 4.83. The van der Waals surface area contributed by atoms with Crippen LogP contribution < -0.4 is 11.1 Å². The summed E-state index contributed by atoms with van der Waals surface area (Å²) in [5, 5.41) is 2.81. The standard InChI is InChI=1S/C18H15N3O/c19-15-5-1-2-7-17(15)21-18(22)14-10-8-13(9-11-14)16-6-3-4-12-20-16/h1-12H,19H2,(H,21,22). The average Bonchev–Trinajstić information content (AvgIpc) is 2.58. The van der Waals surface area contributed by atoms with Gasteiger partial charge in [-0.15, -0.1) is 0 Å². The van der Waals surface area contributed by atoms with Gasteiger partial charge in [-0.25, -0.2) is 0 Å². The van der Waals surface area contributed by atoms with E-state index in [4.69, 9.17) is 5.73 Å². The van der Waals surface area contributed by atoms with Crippen molar-refractivity contribution in [3.8, 4) is 11.3 Å². The molecular formula is C18H15N3O. The summed E-state index contributed by atoms with van der Waals surface area (Å²) < 4.78 is 0. The van der Waals surface area contributed by atoms with Crippen LogP contribution in [0.2, 0.25) is 0 Å². The number of amides is 1. The first kappa shape index (κ1) is 13.8. The third-order valence-electron chi connectivity index (χ3n) is 3.32. The first-order chi connectivity index (χ1) is 10.7. The molecule has 4 heteroatoms. The van der Waals surface area contributed by atoms with E-state index in [1.54, 1.807) is 30.5 Å². The summed E-state index contributed by atoms with van der Waals surface area (Å²) in [6.45, 7) is 0. The van der Waals surface area contributed by atoms with Crippen molar-refractivity contribution in [3.63, 3.8) is 0 Å². The third-order valence-corrected chi connectivity index (χ3v) is 3.32. The Balaban J connectivity index is 1.78. The molecule has 22 heavy (non-hydrogen) atoms. The number of anilines is 2. The number of carbonyl (C=O) groups is 1. The molecule has 3 N–H and O–H groups in total. The molecule has 2 aromatic carbocycles. The first-order valence-electron chi connectivity index (χ1n) is 6.91. The van der Waals surface area contributed by atoms with Crippen molar-refractivity contribution in [2.24, 2.45) is 0 Å². The molecule has 0 aliphatic carbocycles. The topological polar surface area (TPSA) is 68.0 Å². The van der Waals surface area contributed by atoms with Crippen LogP contribution >= 0.6 is 0 Å². The Bertz CT molecular complexity index is 783. The van der Waals surface area contributed by atoms with Gasteiger partial charge in [0.1, 0.15) is 0 Å². The Kier molecular flexibility index (Phi) is 3.83. The molecule has 0 aliphatic heterocycles. The van der Waals surface area contributed by atoms with Gasteiger partial charge in [-0.1, -0.05) is 30.3 Å². The van der Waals surface area contributed by atoms with Crippen LogP contribution in [-0.2, 0) is 0 Å². The molecule has 108 valence electrons. The fourth-order valence-electron chi connectivity index (χ4n) is 2.13. The fourth-order valence-corrected chi connectivity index (χ4v) is 2.13. The number of nitrogen functional groups attached to an aromatic ring is 1. The number of carbonyl (C=O) groups excluding carboxylic acids is 1. The molecule has 1 aromatic heterocycles. The Hall–Kier alpha value is -3.14. The lowest BCUT2D eigenvalue weighted by molar-refractivity contribution is 0.102. The minimum Gasteiger partial charge on any atom is -0.397 e. The van der Waals surface area contributed by atoms with Crippen molar-refractivity contribution in [1.29, 1.82) is 0 Å². The van der Waals surface area contributed by atoms with Crippen LogP contribution in [-0.4, -0.2) is 10.9 Å². The highest BCUT2D eigenvalue weighted by Crippen LogP contribution is 2.20. The van der Waals surface area contributed by atoms with Gasteiger partial charge in [0.2, 0.25) is 0 Å². The van der Waals surface area contributed by atoms with Gasteiger partial charge in [-0.3, -0.25) is 9.78 Å². The van der Waals surface area contributed by atoms with Crippen molar-refractivity contribution in [2.45, 2.75) is 0 Å². The minimum atomic E-state index is -0.189. The van der Waals surface area contributed by atoms with Gasteiger partial charge >= 0.3 is 0 Å². The number of para-hydroxylation sites is 2. The van der Waals surface area contributed by atoms with Crippen molar-refractivity contribution >= 4 is 17.3 Å². The summed E-state index contributed by atoms with van der Waals surface area (Å²) in [6, 6.07) is 20.2. The van der Waals surface area contributed by atoms with E-state index in [1.165, 1.54) is 0 Å². The van der Waals surface area contributed by atoms with E-state index in [0.29, 0.717) is 16.9 Å². The third kappa shape index (κ3) is 2.96. The van der Waals surface area contributed by atoms with Gasteiger partial charge in [0.25, 0.3) is 5.91 Å². The monoisotopic (exact) mass is 289 g/mol. The van der Waals surface area contributed by atoms with Gasteiger partial charge in [0.15, 0.2) is 0 Å². The van der Waals surface area contributed by atoms with Crippen LogP contribution in [0.15, 0.2) is 72.9 Å². The minimum absolute atomic E-state index is 0.189. The van der Waals surface area contributed by atoms with Crippen molar-refractivity contribution in [3.05, 3.63) is 78.5 Å². The molecule has 1 amide bonds. The molecule has 0 saturated heterocycles. The lowest BCUT2D eigenvalue weighted by atomic mass is 10.1. The van der Waals surface area contributed by atoms with Crippen molar-refractivity contribution in [1.82, 2.24) is 4.98 Å². The highest BCUT2D eigenvalue weighted by Gasteiger charge is 2.08. The Morgan fingerprint density at radius 1 is 0.909 bits per heavy atom. The Morgan fingerprint density at radius 2 is 1.64 bits per heavy atom. The highest BCUT2D eigenvalue weighted by molar-refractivity contribution is 6.05. The van der Waals surface area contributed by atoms with E-state index in [1.807, 2.05) is 42.5 Å². The lowest BCUT2D eigenvalue weighted by Crippen LogP contribution is -2.12. The largest absolute Gasteiger partial charge is 0.397 e. The van der Waals surface area contributed by atoms with Crippen LogP contribution in [0.1, 0.15) is 10.4 Å². The number of nitrogens with two attached hydrogens (primary N) is 1. The predicted octanol–water partition coefficient (Wildman–Crippen LogP) is 3.58. The van der Waals surface area contributed by atoms with Gasteiger partial charge in [-0.2, -0.15) is 0 Å². The molecule has 3 aromatic rings. The van der Waals surface area contributed by atoms with E-state index >= 15 is 0 Å². The van der Waals surface area contributed by atoms with E-state index in [2.05, 4.69) is 10.3 Å². The highest BCUT2D eigenvalue weighted by atomic mass is 16.1. The van der Waals surface area contributed by atoms with Crippen LogP contribution in [0.25, 0.3) is 11.3 Å². The summed E-state index contributed by atoms with van der Waals surface area (Å²) in [6.07, 6.45) is 1.74. The maximum Gasteiger partial charge on any atom is 0.255 e. The molecule has 1 heterocycles. The number of hydrogen-bond acceptors (Lipinski definition) is 3. The van der Waals surface area contributed by atoms with Gasteiger partial charge in [0, 0.05) is 17.3 Å². The zero-order valence-corrected chi connectivity index (χ0v) is 11.9.